The van der Waals surface area contributed by atoms with Gasteiger partial charge in [-0.3, -0.25) is 9.59 Å². The highest BCUT2D eigenvalue weighted by Crippen LogP contribution is 2.56. The molecule has 1 saturated heterocycles. The number of pyridine rings is 1. The smallest absolute Gasteiger partial charge is 0.250 e. The zero-order valence-corrected chi connectivity index (χ0v) is 21.1. The molecule has 1 unspecified atom stereocenters. The number of nitrogens with one attached hydrogen (secondary N) is 2. The minimum Gasteiger partial charge on any atom is -0.374 e. The van der Waals surface area contributed by atoms with Crippen molar-refractivity contribution < 1.29 is 9.18 Å². The number of aryl methyl sites for hydroxylation is 1. The van der Waals surface area contributed by atoms with E-state index in [9.17, 15) is 14.0 Å². The maximum Gasteiger partial charge on any atom is 0.250 e. The number of hydrogen-bond donors (Lipinski definition) is 2. The minimum atomic E-state index is -0.526. The molecule has 3 aliphatic rings. The molecular formula is C29H33FN4O2. The van der Waals surface area contributed by atoms with Gasteiger partial charge in [-0.1, -0.05) is 13.5 Å². The predicted octanol–water partition coefficient (Wildman–Crippen LogP) is 4.20. The Kier molecular flexibility index (Phi) is 6.10. The van der Waals surface area contributed by atoms with Crippen molar-refractivity contribution in [2.75, 3.05) is 6.54 Å². The van der Waals surface area contributed by atoms with E-state index in [0.717, 1.165) is 41.5 Å². The number of carbonyl (C=O) groups is 1. The van der Waals surface area contributed by atoms with Gasteiger partial charge in [0, 0.05) is 54.9 Å². The molecule has 0 radical (unpaired) electrons. The van der Waals surface area contributed by atoms with Gasteiger partial charge in [-0.25, -0.2) is 4.39 Å². The first kappa shape index (κ1) is 24.1. The molecule has 1 amide bonds. The SMILES string of the molecule is C=C1N(C2=CC(C(=O)NCc3cc(F)cc(-c4ccc(=O)n(C)c4)c3)NC(C)=C2)CC[C@@]1(C)C1CC1. The largest absolute Gasteiger partial charge is 0.374 e. The number of amides is 1. The molecule has 36 heavy (non-hydrogen) atoms. The van der Waals surface area contributed by atoms with Gasteiger partial charge in [0.15, 0.2) is 0 Å². The zero-order chi connectivity index (χ0) is 25.6. The van der Waals surface area contributed by atoms with Gasteiger partial charge in [-0.2, -0.15) is 0 Å². The van der Waals surface area contributed by atoms with E-state index in [-0.39, 0.29) is 23.4 Å². The Hall–Kier alpha value is -3.61. The number of rotatable bonds is 6. The third-order valence-electron chi connectivity index (χ3n) is 7.84. The summed E-state index contributed by atoms with van der Waals surface area (Å²) in [4.78, 5) is 27.1. The van der Waals surface area contributed by atoms with E-state index in [4.69, 9.17) is 0 Å². The number of benzene rings is 1. The molecular weight excluding hydrogens is 455 g/mol. The summed E-state index contributed by atoms with van der Waals surface area (Å²) < 4.78 is 15.8. The van der Waals surface area contributed by atoms with E-state index in [1.807, 2.05) is 19.1 Å². The summed E-state index contributed by atoms with van der Waals surface area (Å²) in [5.41, 5.74) is 5.11. The summed E-state index contributed by atoms with van der Waals surface area (Å²) in [5, 5.41) is 6.19. The van der Waals surface area contributed by atoms with Crippen LogP contribution in [0, 0.1) is 17.2 Å². The van der Waals surface area contributed by atoms with Crippen LogP contribution in [-0.2, 0) is 18.4 Å². The van der Waals surface area contributed by atoms with Crippen molar-refractivity contribution >= 4 is 5.91 Å². The molecule has 2 N–H and O–H groups in total. The summed E-state index contributed by atoms with van der Waals surface area (Å²) in [7, 11) is 1.66. The average molecular weight is 489 g/mol. The quantitative estimate of drug-likeness (QED) is 0.640. The topological polar surface area (TPSA) is 66.4 Å². The van der Waals surface area contributed by atoms with Crippen LogP contribution < -0.4 is 16.2 Å². The molecule has 7 heteroatoms. The first-order valence-electron chi connectivity index (χ1n) is 12.5. The van der Waals surface area contributed by atoms with E-state index in [1.54, 1.807) is 19.3 Å². The fourth-order valence-electron chi connectivity index (χ4n) is 5.44. The van der Waals surface area contributed by atoms with Gasteiger partial charge >= 0.3 is 0 Å². The third-order valence-corrected chi connectivity index (χ3v) is 7.84. The average Bonchev–Trinajstić information content (AvgIpc) is 3.65. The second-order valence-corrected chi connectivity index (χ2v) is 10.5. The van der Waals surface area contributed by atoms with Crippen molar-refractivity contribution in [2.45, 2.75) is 45.7 Å². The lowest BCUT2D eigenvalue weighted by atomic mass is 9.81. The second-order valence-electron chi connectivity index (χ2n) is 10.5. The van der Waals surface area contributed by atoms with E-state index >= 15 is 0 Å². The molecule has 2 aliphatic heterocycles. The van der Waals surface area contributed by atoms with Gasteiger partial charge in [0.05, 0.1) is 0 Å². The Balaban J connectivity index is 1.29. The Morgan fingerprint density at radius 3 is 2.75 bits per heavy atom. The predicted molar refractivity (Wildman–Crippen MR) is 139 cm³/mol. The second kappa shape index (κ2) is 9.12. The van der Waals surface area contributed by atoms with Gasteiger partial charge in [-0.05, 0) is 85.2 Å². The van der Waals surface area contributed by atoms with Crippen LogP contribution in [0.3, 0.4) is 0 Å². The first-order chi connectivity index (χ1) is 17.1. The standard InChI is InChI=1S/C29H33FN4O2/c1-18-11-25(34-10-9-29(3,19(34)2)23-6-7-23)15-26(32-18)28(36)31-16-20-12-22(14-24(30)13-20)21-5-8-27(35)33(4)17-21/h5,8,11-15,17,23,26,32H,2,6-7,9-10,16H2,1,3-4H3,(H,31,36)/t26?,29-/m1/s1. The highest BCUT2D eigenvalue weighted by atomic mass is 19.1. The molecule has 3 heterocycles. The lowest BCUT2D eigenvalue weighted by molar-refractivity contribution is -0.122. The van der Waals surface area contributed by atoms with Crippen molar-refractivity contribution in [3.8, 4) is 11.1 Å². The zero-order valence-electron chi connectivity index (χ0n) is 21.1. The summed E-state index contributed by atoms with van der Waals surface area (Å²) in [6.07, 6.45) is 9.32. The number of carbonyl (C=O) groups excluding carboxylic acids is 1. The van der Waals surface area contributed by atoms with Crippen LogP contribution >= 0.6 is 0 Å². The molecule has 1 saturated carbocycles. The van der Waals surface area contributed by atoms with Crippen LogP contribution in [0.15, 0.2) is 77.1 Å². The van der Waals surface area contributed by atoms with E-state index in [0.29, 0.717) is 11.1 Å². The highest BCUT2D eigenvalue weighted by Gasteiger charge is 2.49. The number of dihydropyridines is 1. The normalized spacial score (nSPS) is 23.7. The first-order valence-corrected chi connectivity index (χ1v) is 12.5. The number of allylic oxidation sites excluding steroid dienone is 3. The summed E-state index contributed by atoms with van der Waals surface area (Å²) in [6.45, 7) is 9.80. The number of halogens is 1. The van der Waals surface area contributed by atoms with E-state index in [1.165, 1.54) is 35.6 Å². The van der Waals surface area contributed by atoms with Crippen LogP contribution in [0.2, 0.25) is 0 Å². The maximum atomic E-state index is 14.4. The minimum absolute atomic E-state index is 0.130. The summed E-state index contributed by atoms with van der Waals surface area (Å²) in [5.74, 6) is 0.148. The van der Waals surface area contributed by atoms with Crippen LogP contribution in [0.4, 0.5) is 4.39 Å². The Bertz CT molecular complexity index is 1350. The number of likely N-dealkylation sites (tertiary alicyclic amines) is 1. The molecule has 2 fully saturated rings. The molecule has 188 valence electrons. The van der Waals surface area contributed by atoms with Crippen LogP contribution in [-0.4, -0.2) is 28.0 Å². The van der Waals surface area contributed by atoms with Gasteiger partial charge in [0.25, 0.3) is 0 Å². The van der Waals surface area contributed by atoms with Crippen LogP contribution in [0.25, 0.3) is 11.1 Å². The molecule has 1 aromatic heterocycles. The Labute approximate surface area is 211 Å². The van der Waals surface area contributed by atoms with E-state index < -0.39 is 11.9 Å². The number of nitrogens with zero attached hydrogens (tertiary/aromatic N) is 2. The number of hydrogen-bond acceptors (Lipinski definition) is 4. The summed E-state index contributed by atoms with van der Waals surface area (Å²) >= 11 is 0. The highest BCUT2D eigenvalue weighted by molar-refractivity contribution is 5.84. The molecule has 2 atom stereocenters. The molecule has 5 rings (SSSR count). The monoisotopic (exact) mass is 488 g/mol. The van der Waals surface area contributed by atoms with Crippen molar-refractivity contribution in [3.63, 3.8) is 0 Å². The van der Waals surface area contributed by atoms with Gasteiger partial charge < -0.3 is 20.1 Å². The fourth-order valence-corrected chi connectivity index (χ4v) is 5.44. The molecule has 6 nitrogen and oxygen atoms in total. The molecule has 2 aromatic rings. The Morgan fingerprint density at radius 2 is 2.03 bits per heavy atom. The van der Waals surface area contributed by atoms with Crippen LogP contribution in [0.5, 0.6) is 0 Å². The number of aromatic nitrogens is 1. The summed E-state index contributed by atoms with van der Waals surface area (Å²) in [6, 6.07) is 7.28. The van der Waals surface area contributed by atoms with Gasteiger partial charge in [-0.15, -0.1) is 0 Å². The third kappa shape index (κ3) is 4.62. The molecule has 0 spiro atoms. The maximum absolute atomic E-state index is 14.4. The van der Waals surface area contributed by atoms with E-state index in [2.05, 4.69) is 35.1 Å². The van der Waals surface area contributed by atoms with Gasteiger partial charge in [0.1, 0.15) is 11.9 Å². The lowest BCUT2D eigenvalue weighted by Crippen LogP contribution is -2.44. The molecule has 1 aliphatic carbocycles. The Morgan fingerprint density at radius 1 is 1.25 bits per heavy atom. The lowest BCUT2D eigenvalue weighted by Gasteiger charge is -2.32. The van der Waals surface area contributed by atoms with Crippen molar-refractivity contribution in [2.24, 2.45) is 18.4 Å². The fraction of sp³-hybridized carbons (Fsp3) is 0.379. The molecule has 1 aromatic carbocycles. The molecule has 0 bridgehead atoms. The van der Waals surface area contributed by atoms with Crippen molar-refractivity contribution in [1.82, 2.24) is 20.1 Å². The van der Waals surface area contributed by atoms with Gasteiger partial charge in [0.2, 0.25) is 11.5 Å². The van der Waals surface area contributed by atoms with Crippen molar-refractivity contribution in [1.29, 1.82) is 0 Å². The van der Waals surface area contributed by atoms with Crippen molar-refractivity contribution in [3.05, 3.63) is 94.1 Å². The van der Waals surface area contributed by atoms with Crippen LogP contribution in [0.1, 0.15) is 38.7 Å².